The lowest BCUT2D eigenvalue weighted by Crippen LogP contribution is -2.43. The van der Waals surface area contributed by atoms with Gasteiger partial charge in [-0.3, -0.25) is 4.79 Å². The summed E-state index contributed by atoms with van der Waals surface area (Å²) in [4.78, 5) is 12.1. The summed E-state index contributed by atoms with van der Waals surface area (Å²) < 4.78 is 6.06. The molecule has 0 radical (unpaired) electrons. The van der Waals surface area contributed by atoms with E-state index in [-0.39, 0.29) is 11.2 Å². The molecular formula is C14H20BrNO2. The zero-order valence-electron chi connectivity index (χ0n) is 11.3. The number of methoxy groups -OCH3 is 1. The molecule has 100 valence electrons. The van der Waals surface area contributed by atoms with Gasteiger partial charge in [-0.15, -0.1) is 0 Å². The van der Waals surface area contributed by atoms with Crippen molar-refractivity contribution in [1.82, 2.24) is 0 Å². The van der Waals surface area contributed by atoms with Gasteiger partial charge in [-0.25, -0.2) is 0 Å². The molecule has 0 aliphatic rings. The second kappa shape index (κ2) is 5.85. The standard InChI is InChI=1S/C14H20BrNO2/c1-14(2,3)13(16)12(17)8-9-7-10(18-4)5-6-11(9)15/h5-7,13H,8,16H2,1-4H3. The van der Waals surface area contributed by atoms with Gasteiger partial charge in [0.25, 0.3) is 0 Å². The van der Waals surface area contributed by atoms with Gasteiger partial charge in [0.15, 0.2) is 5.78 Å². The van der Waals surface area contributed by atoms with E-state index in [0.29, 0.717) is 6.42 Å². The number of hydrogen-bond acceptors (Lipinski definition) is 3. The summed E-state index contributed by atoms with van der Waals surface area (Å²) in [7, 11) is 1.61. The first-order valence-electron chi connectivity index (χ1n) is 5.86. The number of ketones is 1. The quantitative estimate of drug-likeness (QED) is 0.929. The zero-order chi connectivity index (χ0) is 13.9. The Labute approximate surface area is 117 Å². The van der Waals surface area contributed by atoms with E-state index >= 15 is 0 Å². The Morgan fingerprint density at radius 2 is 2.06 bits per heavy atom. The second-order valence-corrected chi connectivity index (χ2v) is 6.30. The van der Waals surface area contributed by atoms with Crippen LogP contribution in [0.2, 0.25) is 0 Å². The van der Waals surface area contributed by atoms with Gasteiger partial charge in [0.2, 0.25) is 0 Å². The number of ether oxygens (including phenoxy) is 1. The van der Waals surface area contributed by atoms with Crippen LogP contribution in [0.3, 0.4) is 0 Å². The minimum absolute atomic E-state index is 0.0384. The van der Waals surface area contributed by atoms with Crippen LogP contribution in [0.15, 0.2) is 22.7 Å². The van der Waals surface area contributed by atoms with Crippen LogP contribution in [0.1, 0.15) is 26.3 Å². The summed E-state index contributed by atoms with van der Waals surface area (Å²) in [6, 6.07) is 5.12. The van der Waals surface area contributed by atoms with Gasteiger partial charge in [-0.05, 0) is 29.2 Å². The number of carbonyl (C=O) groups is 1. The number of halogens is 1. The third-order valence-corrected chi connectivity index (χ3v) is 3.67. The highest BCUT2D eigenvalue weighted by molar-refractivity contribution is 9.10. The van der Waals surface area contributed by atoms with Crippen LogP contribution >= 0.6 is 15.9 Å². The summed E-state index contributed by atoms with van der Waals surface area (Å²) in [6.45, 7) is 5.91. The van der Waals surface area contributed by atoms with Crippen LogP contribution in [0.5, 0.6) is 5.75 Å². The number of carbonyl (C=O) groups excluding carboxylic acids is 1. The van der Waals surface area contributed by atoms with Crippen molar-refractivity contribution in [2.45, 2.75) is 33.2 Å². The van der Waals surface area contributed by atoms with Crippen LogP contribution in [-0.2, 0) is 11.2 Å². The fourth-order valence-corrected chi connectivity index (χ4v) is 1.98. The van der Waals surface area contributed by atoms with Crippen molar-refractivity contribution >= 4 is 21.7 Å². The molecule has 0 heterocycles. The molecule has 1 unspecified atom stereocenters. The van der Waals surface area contributed by atoms with Crippen molar-refractivity contribution in [1.29, 1.82) is 0 Å². The van der Waals surface area contributed by atoms with Gasteiger partial charge < -0.3 is 10.5 Å². The monoisotopic (exact) mass is 313 g/mol. The van der Waals surface area contributed by atoms with Gasteiger partial charge in [0.05, 0.1) is 13.2 Å². The third-order valence-electron chi connectivity index (χ3n) is 2.90. The van der Waals surface area contributed by atoms with E-state index in [1.165, 1.54) is 0 Å². The molecule has 1 aromatic carbocycles. The molecule has 0 aromatic heterocycles. The van der Waals surface area contributed by atoms with E-state index in [2.05, 4.69) is 15.9 Å². The Hall–Kier alpha value is -0.870. The van der Waals surface area contributed by atoms with E-state index in [0.717, 1.165) is 15.8 Å². The van der Waals surface area contributed by atoms with Crippen molar-refractivity contribution in [3.8, 4) is 5.75 Å². The van der Waals surface area contributed by atoms with E-state index < -0.39 is 6.04 Å². The Balaban J connectivity index is 2.88. The summed E-state index contributed by atoms with van der Waals surface area (Å²) in [6.07, 6.45) is 0.316. The number of Topliss-reactive ketones (excluding diaryl/α,β-unsaturated/α-hetero) is 1. The molecule has 0 fully saturated rings. The Bertz CT molecular complexity index is 438. The van der Waals surface area contributed by atoms with Crippen LogP contribution < -0.4 is 10.5 Å². The maximum absolute atomic E-state index is 12.1. The predicted molar refractivity (Wildman–Crippen MR) is 76.8 cm³/mol. The normalized spacial score (nSPS) is 13.2. The number of hydrogen-bond donors (Lipinski definition) is 1. The second-order valence-electron chi connectivity index (χ2n) is 5.44. The molecule has 0 spiro atoms. The first-order valence-corrected chi connectivity index (χ1v) is 6.65. The van der Waals surface area contributed by atoms with Gasteiger partial charge >= 0.3 is 0 Å². The molecule has 1 rings (SSSR count). The van der Waals surface area contributed by atoms with Crippen LogP contribution in [0.4, 0.5) is 0 Å². The molecule has 4 heteroatoms. The molecule has 3 nitrogen and oxygen atoms in total. The topological polar surface area (TPSA) is 52.3 Å². The third kappa shape index (κ3) is 3.82. The largest absolute Gasteiger partial charge is 0.497 e. The lowest BCUT2D eigenvalue weighted by molar-refractivity contribution is -0.121. The Morgan fingerprint density at radius 1 is 1.44 bits per heavy atom. The van der Waals surface area contributed by atoms with E-state index in [4.69, 9.17) is 10.5 Å². The molecular weight excluding hydrogens is 294 g/mol. The van der Waals surface area contributed by atoms with E-state index in [1.54, 1.807) is 7.11 Å². The van der Waals surface area contributed by atoms with Crippen LogP contribution in [0, 0.1) is 5.41 Å². The highest BCUT2D eigenvalue weighted by atomic mass is 79.9. The molecule has 0 saturated carbocycles. The van der Waals surface area contributed by atoms with Crippen molar-refractivity contribution < 1.29 is 9.53 Å². The summed E-state index contributed by atoms with van der Waals surface area (Å²) in [5.74, 6) is 0.779. The van der Waals surface area contributed by atoms with Crippen LogP contribution in [-0.4, -0.2) is 18.9 Å². The fraction of sp³-hybridized carbons (Fsp3) is 0.500. The van der Waals surface area contributed by atoms with Crippen molar-refractivity contribution in [3.63, 3.8) is 0 Å². The average molecular weight is 314 g/mol. The molecule has 0 saturated heterocycles. The van der Waals surface area contributed by atoms with Gasteiger partial charge in [0, 0.05) is 10.9 Å². The fourth-order valence-electron chi connectivity index (χ4n) is 1.59. The van der Waals surface area contributed by atoms with Crippen molar-refractivity contribution in [3.05, 3.63) is 28.2 Å². The number of nitrogens with two attached hydrogens (primary N) is 1. The minimum atomic E-state index is -0.462. The molecule has 0 aliphatic heterocycles. The van der Waals surface area contributed by atoms with E-state index in [9.17, 15) is 4.79 Å². The first-order chi connectivity index (χ1) is 8.25. The predicted octanol–water partition coefficient (Wildman–Crippen LogP) is 2.94. The molecule has 0 bridgehead atoms. The molecule has 18 heavy (non-hydrogen) atoms. The number of rotatable bonds is 4. The maximum Gasteiger partial charge on any atom is 0.154 e. The summed E-state index contributed by atoms with van der Waals surface area (Å²) in [5.41, 5.74) is 6.65. The molecule has 2 N–H and O–H groups in total. The highest BCUT2D eigenvalue weighted by Crippen LogP contribution is 2.25. The minimum Gasteiger partial charge on any atom is -0.497 e. The molecule has 1 aromatic rings. The first kappa shape index (κ1) is 15.2. The lowest BCUT2D eigenvalue weighted by atomic mass is 9.83. The van der Waals surface area contributed by atoms with E-state index in [1.807, 2.05) is 39.0 Å². The molecule has 0 aliphatic carbocycles. The highest BCUT2D eigenvalue weighted by Gasteiger charge is 2.27. The van der Waals surface area contributed by atoms with Crippen molar-refractivity contribution in [2.75, 3.05) is 7.11 Å². The Kier molecular flexibility index (Phi) is 4.93. The molecule has 0 amide bonds. The Morgan fingerprint density at radius 3 is 2.56 bits per heavy atom. The lowest BCUT2D eigenvalue weighted by Gasteiger charge is -2.25. The number of benzene rings is 1. The summed E-state index contributed by atoms with van der Waals surface area (Å²) in [5, 5.41) is 0. The molecule has 1 atom stereocenters. The average Bonchev–Trinajstić information content (AvgIpc) is 2.29. The summed E-state index contributed by atoms with van der Waals surface area (Å²) >= 11 is 3.44. The smallest absolute Gasteiger partial charge is 0.154 e. The van der Waals surface area contributed by atoms with Gasteiger partial charge in [-0.1, -0.05) is 36.7 Å². The zero-order valence-corrected chi connectivity index (χ0v) is 12.9. The van der Waals surface area contributed by atoms with Gasteiger partial charge in [0.1, 0.15) is 5.75 Å². The van der Waals surface area contributed by atoms with Crippen LogP contribution in [0.25, 0.3) is 0 Å². The van der Waals surface area contributed by atoms with Gasteiger partial charge in [-0.2, -0.15) is 0 Å². The van der Waals surface area contributed by atoms with Crippen molar-refractivity contribution in [2.24, 2.45) is 11.1 Å². The maximum atomic E-state index is 12.1. The SMILES string of the molecule is COc1ccc(Br)c(CC(=O)C(N)C(C)(C)C)c1.